The number of hydrogen-bond donors (Lipinski definition) is 1. The second-order valence-corrected chi connectivity index (χ2v) is 8.04. The van der Waals surface area contributed by atoms with Crippen molar-refractivity contribution in [3.8, 4) is 5.88 Å². The second kappa shape index (κ2) is 6.07. The van der Waals surface area contributed by atoms with E-state index in [0.29, 0.717) is 5.69 Å². The molecule has 1 atom stereocenters. The first-order valence-corrected chi connectivity index (χ1v) is 8.71. The molecule has 0 saturated heterocycles. The van der Waals surface area contributed by atoms with Gasteiger partial charge < -0.3 is 8.92 Å². The van der Waals surface area contributed by atoms with Crippen molar-refractivity contribution in [3.63, 3.8) is 0 Å². The van der Waals surface area contributed by atoms with E-state index in [9.17, 15) is 26.4 Å². The Morgan fingerprint density at radius 1 is 1.32 bits per heavy atom. The van der Waals surface area contributed by atoms with Crippen molar-refractivity contribution >= 4 is 16.2 Å². The molecule has 2 heterocycles. The molecule has 12 heteroatoms. The number of rotatable bonds is 2. The van der Waals surface area contributed by atoms with Crippen molar-refractivity contribution in [2.45, 2.75) is 51.3 Å². The fraction of sp³-hybridized carbons (Fsp3) is 0.692. The summed E-state index contributed by atoms with van der Waals surface area (Å²) in [6.45, 7) is 6.84. The Labute approximate surface area is 142 Å². The fourth-order valence-electron chi connectivity index (χ4n) is 2.32. The van der Waals surface area contributed by atoms with Gasteiger partial charge in [-0.3, -0.25) is 10.00 Å². The molecule has 8 nitrogen and oxygen atoms in total. The van der Waals surface area contributed by atoms with Crippen LogP contribution in [-0.4, -0.2) is 47.3 Å². The summed E-state index contributed by atoms with van der Waals surface area (Å²) in [7, 11) is -5.81. The maximum absolute atomic E-state index is 12.4. The summed E-state index contributed by atoms with van der Waals surface area (Å²) in [6.07, 6.45) is -0.524. The van der Waals surface area contributed by atoms with E-state index in [1.165, 1.54) is 4.90 Å². The predicted octanol–water partition coefficient (Wildman–Crippen LogP) is 2.49. The van der Waals surface area contributed by atoms with E-state index >= 15 is 0 Å². The molecule has 142 valence electrons. The number of fused-ring (bicyclic) bond motifs is 1. The van der Waals surface area contributed by atoms with Gasteiger partial charge in [-0.2, -0.15) is 21.6 Å². The van der Waals surface area contributed by atoms with E-state index in [4.69, 9.17) is 4.74 Å². The third-order valence-electron chi connectivity index (χ3n) is 3.45. The van der Waals surface area contributed by atoms with Crippen LogP contribution >= 0.6 is 0 Å². The van der Waals surface area contributed by atoms with Crippen LogP contribution in [-0.2, 0) is 21.3 Å². The van der Waals surface area contributed by atoms with Gasteiger partial charge in [0.1, 0.15) is 5.60 Å². The lowest BCUT2D eigenvalue weighted by Gasteiger charge is -2.34. The number of ether oxygens (including phenoxy) is 1. The lowest BCUT2D eigenvalue weighted by molar-refractivity contribution is -0.0501. The molecule has 0 bridgehead atoms. The van der Waals surface area contributed by atoms with Crippen LogP contribution in [0.15, 0.2) is 0 Å². The monoisotopic (exact) mass is 385 g/mol. The summed E-state index contributed by atoms with van der Waals surface area (Å²) >= 11 is 0. The molecule has 0 radical (unpaired) electrons. The minimum Gasteiger partial charge on any atom is -0.444 e. The summed E-state index contributed by atoms with van der Waals surface area (Å²) in [5.41, 5.74) is -5.79. The topological polar surface area (TPSA) is 102 Å². The normalized spacial score (nSPS) is 18.7. The van der Waals surface area contributed by atoms with Gasteiger partial charge in [-0.25, -0.2) is 4.79 Å². The molecule has 0 fully saturated rings. The summed E-state index contributed by atoms with van der Waals surface area (Å²) in [4.78, 5) is 13.6. The highest BCUT2D eigenvalue weighted by Crippen LogP contribution is 2.36. The zero-order valence-electron chi connectivity index (χ0n) is 14.0. The molecule has 0 aliphatic carbocycles. The molecule has 0 saturated carbocycles. The smallest absolute Gasteiger partial charge is 0.444 e. The van der Waals surface area contributed by atoms with E-state index < -0.39 is 39.2 Å². The molecule has 1 unspecified atom stereocenters. The average molecular weight is 385 g/mol. The van der Waals surface area contributed by atoms with Gasteiger partial charge in [0.2, 0.25) is 0 Å². The maximum atomic E-state index is 12.4. The van der Waals surface area contributed by atoms with Crippen LogP contribution in [0.25, 0.3) is 0 Å². The Morgan fingerprint density at radius 3 is 2.44 bits per heavy atom. The average Bonchev–Trinajstić information content (AvgIpc) is 2.79. The van der Waals surface area contributed by atoms with Gasteiger partial charge in [-0.1, -0.05) is 0 Å². The lowest BCUT2D eigenvalue weighted by Crippen LogP contribution is -2.42. The minimum atomic E-state index is -5.81. The number of H-pyrrole nitrogens is 1. The Morgan fingerprint density at radius 2 is 1.92 bits per heavy atom. The molecule has 1 N–H and O–H groups in total. The third-order valence-corrected chi connectivity index (χ3v) is 4.39. The largest absolute Gasteiger partial charge is 0.534 e. The van der Waals surface area contributed by atoms with Crippen molar-refractivity contribution in [2.75, 3.05) is 6.54 Å². The molecule has 1 aromatic heterocycles. The number of alkyl halides is 3. The Kier molecular flexibility index (Phi) is 4.70. The Bertz CT molecular complexity index is 767. The highest BCUT2D eigenvalue weighted by molar-refractivity contribution is 7.87. The number of carbonyl (C=O) groups excluding carboxylic acids is 1. The van der Waals surface area contributed by atoms with Crippen LogP contribution in [0.4, 0.5) is 18.0 Å². The third kappa shape index (κ3) is 3.99. The number of carbonyl (C=O) groups is 1. The first-order valence-electron chi connectivity index (χ1n) is 7.30. The fourth-order valence-corrected chi connectivity index (χ4v) is 2.76. The first kappa shape index (κ1) is 19.3. The van der Waals surface area contributed by atoms with Crippen LogP contribution in [0.1, 0.15) is 45.0 Å². The maximum Gasteiger partial charge on any atom is 0.534 e. The highest BCUT2D eigenvalue weighted by atomic mass is 32.2. The van der Waals surface area contributed by atoms with Crippen molar-refractivity contribution < 1.29 is 35.3 Å². The van der Waals surface area contributed by atoms with Gasteiger partial charge in [0.05, 0.1) is 11.7 Å². The van der Waals surface area contributed by atoms with E-state index in [2.05, 4.69) is 14.4 Å². The number of aromatic nitrogens is 2. The zero-order valence-corrected chi connectivity index (χ0v) is 14.8. The van der Waals surface area contributed by atoms with Crippen LogP contribution in [0, 0.1) is 0 Å². The predicted molar refractivity (Wildman–Crippen MR) is 79.2 cm³/mol. The molecular weight excluding hydrogens is 367 g/mol. The Hall–Kier alpha value is -1.98. The summed E-state index contributed by atoms with van der Waals surface area (Å²) in [5, 5.41) is 5.95. The molecule has 25 heavy (non-hydrogen) atoms. The molecular formula is C13H18F3N3O5S. The zero-order chi connectivity index (χ0) is 19.2. The molecule has 1 aliphatic rings. The van der Waals surface area contributed by atoms with Crippen LogP contribution in [0.3, 0.4) is 0 Å². The van der Waals surface area contributed by atoms with Gasteiger partial charge in [-0.05, 0) is 34.1 Å². The van der Waals surface area contributed by atoms with E-state index in [1.807, 2.05) is 0 Å². The van der Waals surface area contributed by atoms with E-state index in [-0.39, 0.29) is 18.5 Å². The SMILES string of the molecule is CC1c2[nH]nc(OS(=O)(=O)C(F)(F)F)c2CCN1C(=O)OC(C)(C)C. The molecule has 1 aliphatic heterocycles. The number of aromatic amines is 1. The second-order valence-electron chi connectivity index (χ2n) is 6.50. The van der Waals surface area contributed by atoms with Gasteiger partial charge in [0, 0.05) is 12.1 Å². The van der Waals surface area contributed by atoms with Gasteiger partial charge in [0.15, 0.2) is 0 Å². The summed E-state index contributed by atoms with van der Waals surface area (Å²) in [6, 6.07) is -0.600. The quantitative estimate of drug-likeness (QED) is 0.620. The van der Waals surface area contributed by atoms with Crippen molar-refractivity contribution in [3.05, 3.63) is 11.3 Å². The van der Waals surface area contributed by atoms with Crippen LogP contribution in [0.2, 0.25) is 0 Å². The molecule has 2 rings (SSSR count). The van der Waals surface area contributed by atoms with Gasteiger partial charge >= 0.3 is 21.7 Å². The highest BCUT2D eigenvalue weighted by Gasteiger charge is 2.49. The number of halogens is 3. The first-order chi connectivity index (χ1) is 11.2. The van der Waals surface area contributed by atoms with Crippen molar-refractivity contribution in [1.29, 1.82) is 0 Å². The number of nitrogens with zero attached hydrogens (tertiary/aromatic N) is 2. The standard InChI is InChI=1S/C13H18F3N3O5S/c1-7-9-8(5-6-19(7)11(20)23-12(2,3)4)10(18-17-9)24-25(21,22)13(14,15)16/h7H,5-6H2,1-4H3,(H,17,18). The van der Waals surface area contributed by atoms with E-state index in [0.717, 1.165) is 0 Å². The van der Waals surface area contributed by atoms with Crippen molar-refractivity contribution in [2.24, 2.45) is 0 Å². The van der Waals surface area contributed by atoms with Crippen molar-refractivity contribution in [1.82, 2.24) is 15.1 Å². The van der Waals surface area contributed by atoms with Gasteiger partial charge in [-0.15, -0.1) is 5.10 Å². The number of hydrogen-bond acceptors (Lipinski definition) is 6. The molecule has 1 aromatic rings. The Balaban J connectivity index is 2.24. The number of nitrogens with one attached hydrogen (secondary N) is 1. The molecule has 0 spiro atoms. The van der Waals surface area contributed by atoms with Crippen LogP contribution < -0.4 is 4.18 Å². The summed E-state index contributed by atoms with van der Waals surface area (Å²) < 4.78 is 68.9. The van der Waals surface area contributed by atoms with E-state index in [1.54, 1.807) is 27.7 Å². The number of amides is 1. The minimum absolute atomic E-state index is 0.0676. The molecule has 0 aromatic carbocycles. The lowest BCUT2D eigenvalue weighted by atomic mass is 10.0. The van der Waals surface area contributed by atoms with Crippen LogP contribution in [0.5, 0.6) is 5.88 Å². The molecule has 1 amide bonds. The van der Waals surface area contributed by atoms with Gasteiger partial charge in [0.25, 0.3) is 5.88 Å². The summed E-state index contributed by atoms with van der Waals surface area (Å²) in [5.74, 6) is -0.664.